The standard InChI is InChI=1S/C30H40N4O6/c1-8-17-34(28(37)24(15-16-25(31)35)33-29(38)40-30(4,5)6)26(23-14-9-19(2)18-20(23)3)27(36)32-21-10-12-22(39-7)13-11-21/h8-14,18,24,26H,1,15-17H2,2-7H3,(H2,31,35)(H,32,36)(H,33,38). The van der Waals surface area contributed by atoms with Crippen LogP contribution in [0, 0.1) is 13.8 Å². The molecule has 0 saturated carbocycles. The van der Waals surface area contributed by atoms with E-state index < -0.39 is 41.5 Å². The van der Waals surface area contributed by atoms with E-state index in [0.717, 1.165) is 11.1 Å². The van der Waals surface area contributed by atoms with Gasteiger partial charge in [-0.25, -0.2) is 4.79 Å². The molecule has 0 spiro atoms. The molecule has 4 amide bonds. The molecule has 2 aromatic carbocycles. The van der Waals surface area contributed by atoms with E-state index in [4.69, 9.17) is 15.2 Å². The summed E-state index contributed by atoms with van der Waals surface area (Å²) in [6.45, 7) is 12.6. The van der Waals surface area contributed by atoms with Gasteiger partial charge in [0.1, 0.15) is 23.4 Å². The number of primary amides is 1. The number of nitrogens with two attached hydrogens (primary N) is 1. The van der Waals surface area contributed by atoms with E-state index in [0.29, 0.717) is 17.0 Å². The van der Waals surface area contributed by atoms with Crippen LogP contribution >= 0.6 is 0 Å². The molecule has 2 unspecified atom stereocenters. The van der Waals surface area contributed by atoms with Gasteiger partial charge in [0, 0.05) is 18.7 Å². The molecule has 2 aromatic rings. The Kier molecular flexibility index (Phi) is 11.3. The number of rotatable bonds is 12. The summed E-state index contributed by atoms with van der Waals surface area (Å²) < 4.78 is 10.5. The fourth-order valence-electron chi connectivity index (χ4n) is 4.12. The van der Waals surface area contributed by atoms with Gasteiger partial charge < -0.3 is 30.7 Å². The number of carbonyl (C=O) groups excluding carboxylic acids is 4. The number of ether oxygens (including phenoxy) is 2. The second-order valence-electron chi connectivity index (χ2n) is 10.5. The van der Waals surface area contributed by atoms with Crippen molar-refractivity contribution in [2.24, 2.45) is 5.73 Å². The van der Waals surface area contributed by atoms with Crippen molar-refractivity contribution in [3.8, 4) is 5.75 Å². The lowest BCUT2D eigenvalue weighted by atomic mass is 9.96. The van der Waals surface area contributed by atoms with Gasteiger partial charge in [0.05, 0.1) is 7.11 Å². The Morgan fingerprint density at radius 2 is 1.73 bits per heavy atom. The average Bonchev–Trinajstić information content (AvgIpc) is 2.86. The number of hydrogen-bond donors (Lipinski definition) is 3. The Bertz CT molecular complexity index is 1220. The summed E-state index contributed by atoms with van der Waals surface area (Å²) in [5.74, 6) is -1.08. The van der Waals surface area contributed by atoms with Crippen LogP contribution in [0.1, 0.15) is 56.3 Å². The first-order valence-corrected chi connectivity index (χ1v) is 13.0. The van der Waals surface area contributed by atoms with Gasteiger partial charge in [0.25, 0.3) is 5.91 Å². The van der Waals surface area contributed by atoms with E-state index in [1.54, 1.807) is 58.2 Å². The van der Waals surface area contributed by atoms with Crippen LogP contribution in [-0.2, 0) is 19.1 Å². The fraction of sp³-hybridized carbons (Fsp3) is 0.400. The highest BCUT2D eigenvalue weighted by atomic mass is 16.6. The molecule has 2 rings (SSSR count). The molecule has 0 aromatic heterocycles. The molecule has 0 aliphatic carbocycles. The molecule has 0 fully saturated rings. The van der Waals surface area contributed by atoms with Crippen molar-refractivity contribution in [3.63, 3.8) is 0 Å². The fourth-order valence-corrected chi connectivity index (χ4v) is 4.12. The molecule has 216 valence electrons. The summed E-state index contributed by atoms with van der Waals surface area (Å²) in [6, 6.07) is 10.1. The summed E-state index contributed by atoms with van der Waals surface area (Å²) in [4.78, 5) is 53.5. The zero-order valence-electron chi connectivity index (χ0n) is 24.1. The molecule has 0 bridgehead atoms. The van der Waals surface area contributed by atoms with Crippen molar-refractivity contribution < 1.29 is 28.7 Å². The average molecular weight is 553 g/mol. The van der Waals surface area contributed by atoms with Crippen molar-refractivity contribution in [1.29, 1.82) is 0 Å². The molecule has 10 nitrogen and oxygen atoms in total. The largest absolute Gasteiger partial charge is 0.497 e. The normalized spacial score (nSPS) is 12.4. The molecule has 40 heavy (non-hydrogen) atoms. The minimum Gasteiger partial charge on any atom is -0.497 e. The van der Waals surface area contributed by atoms with E-state index in [-0.39, 0.29) is 19.4 Å². The third-order valence-electron chi connectivity index (χ3n) is 5.91. The molecule has 2 atom stereocenters. The molecule has 0 aliphatic heterocycles. The van der Waals surface area contributed by atoms with Gasteiger partial charge in [-0.3, -0.25) is 14.4 Å². The topological polar surface area (TPSA) is 140 Å². The summed E-state index contributed by atoms with van der Waals surface area (Å²) in [7, 11) is 1.54. The lowest BCUT2D eigenvalue weighted by molar-refractivity contribution is -0.140. The Hall–Kier alpha value is -4.34. The quantitative estimate of drug-likeness (QED) is 0.338. The van der Waals surface area contributed by atoms with E-state index in [2.05, 4.69) is 17.2 Å². The van der Waals surface area contributed by atoms with Crippen molar-refractivity contribution in [1.82, 2.24) is 10.2 Å². The van der Waals surface area contributed by atoms with E-state index >= 15 is 0 Å². The van der Waals surface area contributed by atoms with E-state index in [1.807, 2.05) is 26.0 Å². The number of benzene rings is 2. The van der Waals surface area contributed by atoms with Crippen molar-refractivity contribution in [3.05, 3.63) is 71.8 Å². The number of amides is 4. The molecule has 0 saturated heterocycles. The van der Waals surface area contributed by atoms with Crippen LogP contribution in [0.2, 0.25) is 0 Å². The zero-order chi connectivity index (χ0) is 30.0. The highest BCUT2D eigenvalue weighted by Crippen LogP contribution is 2.28. The number of anilines is 1. The minimum absolute atomic E-state index is 0.0179. The van der Waals surface area contributed by atoms with Crippen LogP contribution in [0.3, 0.4) is 0 Å². The maximum atomic E-state index is 14.0. The van der Waals surface area contributed by atoms with E-state index in [9.17, 15) is 19.2 Å². The summed E-state index contributed by atoms with van der Waals surface area (Å²) in [6.07, 6.45) is 0.411. The lowest BCUT2D eigenvalue weighted by Crippen LogP contribution is -2.52. The van der Waals surface area contributed by atoms with Gasteiger partial charge in [-0.2, -0.15) is 0 Å². The van der Waals surface area contributed by atoms with Crippen molar-refractivity contribution in [2.75, 3.05) is 19.0 Å². The molecule has 4 N–H and O–H groups in total. The van der Waals surface area contributed by atoms with Crippen LogP contribution in [0.5, 0.6) is 5.75 Å². The van der Waals surface area contributed by atoms with Crippen LogP contribution in [0.4, 0.5) is 10.5 Å². The Morgan fingerprint density at radius 1 is 1.07 bits per heavy atom. The highest BCUT2D eigenvalue weighted by Gasteiger charge is 2.36. The van der Waals surface area contributed by atoms with Crippen LogP contribution in [0.25, 0.3) is 0 Å². The number of carbonyl (C=O) groups is 4. The van der Waals surface area contributed by atoms with Gasteiger partial charge >= 0.3 is 6.09 Å². The summed E-state index contributed by atoms with van der Waals surface area (Å²) in [5, 5.41) is 5.44. The van der Waals surface area contributed by atoms with Gasteiger partial charge in [0.2, 0.25) is 11.8 Å². The third-order valence-corrected chi connectivity index (χ3v) is 5.91. The van der Waals surface area contributed by atoms with Crippen LogP contribution in [-0.4, -0.2) is 54.0 Å². The number of aryl methyl sites for hydroxylation is 2. The minimum atomic E-state index is -1.19. The Balaban J connectivity index is 2.54. The number of methoxy groups -OCH3 is 1. The maximum Gasteiger partial charge on any atom is 0.408 e. The number of hydrogen-bond acceptors (Lipinski definition) is 6. The molecule has 0 radical (unpaired) electrons. The summed E-state index contributed by atoms with van der Waals surface area (Å²) >= 11 is 0. The van der Waals surface area contributed by atoms with Gasteiger partial charge in [0.15, 0.2) is 0 Å². The Labute approximate surface area is 235 Å². The highest BCUT2D eigenvalue weighted by molar-refractivity contribution is 5.99. The van der Waals surface area contributed by atoms with Crippen molar-refractivity contribution in [2.45, 2.75) is 65.1 Å². The molecular formula is C30H40N4O6. The second-order valence-corrected chi connectivity index (χ2v) is 10.5. The molecule has 10 heteroatoms. The van der Waals surface area contributed by atoms with Crippen LogP contribution in [0.15, 0.2) is 55.1 Å². The lowest BCUT2D eigenvalue weighted by Gasteiger charge is -2.34. The van der Waals surface area contributed by atoms with Crippen molar-refractivity contribution >= 4 is 29.5 Å². The monoisotopic (exact) mass is 552 g/mol. The predicted octanol–water partition coefficient (Wildman–Crippen LogP) is 4.17. The van der Waals surface area contributed by atoms with E-state index in [1.165, 1.54) is 11.0 Å². The maximum absolute atomic E-state index is 14.0. The van der Waals surface area contributed by atoms with Gasteiger partial charge in [-0.1, -0.05) is 29.8 Å². The van der Waals surface area contributed by atoms with Gasteiger partial charge in [-0.05, 0) is 76.4 Å². The molecule has 0 aliphatic rings. The number of alkyl carbamates (subject to hydrolysis) is 1. The summed E-state index contributed by atoms with van der Waals surface area (Å²) in [5.41, 5.74) is 7.42. The van der Waals surface area contributed by atoms with Gasteiger partial charge in [-0.15, -0.1) is 6.58 Å². The zero-order valence-corrected chi connectivity index (χ0v) is 24.1. The number of nitrogens with zero attached hydrogens (tertiary/aromatic N) is 1. The first-order chi connectivity index (χ1) is 18.7. The SMILES string of the molecule is C=CCN(C(=O)C(CCC(N)=O)NC(=O)OC(C)(C)C)C(C(=O)Nc1ccc(OC)cc1)c1ccc(C)cc1C. The third kappa shape index (κ3) is 9.44. The first kappa shape index (κ1) is 31.9. The number of nitrogens with one attached hydrogen (secondary N) is 2. The second kappa shape index (κ2) is 14.2. The smallest absolute Gasteiger partial charge is 0.408 e. The molecular weight excluding hydrogens is 512 g/mol. The van der Waals surface area contributed by atoms with Crippen LogP contribution < -0.4 is 21.1 Å². The first-order valence-electron chi connectivity index (χ1n) is 13.0. The predicted molar refractivity (Wildman–Crippen MR) is 154 cm³/mol. The molecule has 0 heterocycles. The Morgan fingerprint density at radius 3 is 2.25 bits per heavy atom.